The summed E-state index contributed by atoms with van der Waals surface area (Å²) in [5.41, 5.74) is 7.32. The molecular formula is C28H33N3O2. The van der Waals surface area contributed by atoms with Gasteiger partial charge in [-0.25, -0.2) is 0 Å². The summed E-state index contributed by atoms with van der Waals surface area (Å²) in [7, 11) is 1.73. The van der Waals surface area contributed by atoms with Crippen molar-refractivity contribution in [2.24, 2.45) is 10.1 Å². The number of rotatable bonds is 13. The fourth-order valence-corrected chi connectivity index (χ4v) is 2.69. The Morgan fingerprint density at radius 2 is 1.79 bits per heavy atom. The van der Waals surface area contributed by atoms with Crippen LogP contribution in [0.2, 0.25) is 0 Å². The summed E-state index contributed by atoms with van der Waals surface area (Å²) in [6.45, 7) is 19.0. The summed E-state index contributed by atoms with van der Waals surface area (Å²) >= 11 is 0. The molecule has 0 aliphatic carbocycles. The lowest BCUT2D eigenvalue weighted by Gasteiger charge is -2.10. The van der Waals surface area contributed by atoms with E-state index >= 15 is 0 Å². The zero-order chi connectivity index (χ0) is 24.6. The molecule has 0 spiro atoms. The molecule has 0 saturated heterocycles. The van der Waals surface area contributed by atoms with E-state index in [0.717, 1.165) is 22.5 Å². The summed E-state index contributed by atoms with van der Waals surface area (Å²) in [4.78, 5) is 4.17. The Labute approximate surface area is 197 Å². The molecule has 0 amide bonds. The molecule has 0 bridgehead atoms. The van der Waals surface area contributed by atoms with Gasteiger partial charge in [-0.15, -0.1) is 0 Å². The van der Waals surface area contributed by atoms with Crippen molar-refractivity contribution in [3.8, 4) is 5.75 Å². The minimum absolute atomic E-state index is 0.159. The maximum atomic E-state index is 9.33. The molecule has 0 aliphatic heterocycles. The number of nitrogens with zero attached hydrogens (tertiary/aromatic N) is 2. The monoisotopic (exact) mass is 443 g/mol. The van der Waals surface area contributed by atoms with Crippen LogP contribution in [0, 0.1) is 0 Å². The molecule has 0 saturated carbocycles. The largest absolute Gasteiger partial charge is 0.457 e. The minimum atomic E-state index is -0.159. The quantitative estimate of drug-likeness (QED) is 0.174. The first-order chi connectivity index (χ1) is 15.9. The molecule has 1 aromatic rings. The predicted octanol–water partition coefficient (Wildman–Crippen LogP) is 5.85. The number of aliphatic imine (C=N–C) groups is 1. The van der Waals surface area contributed by atoms with Crippen molar-refractivity contribution >= 4 is 12.9 Å². The summed E-state index contributed by atoms with van der Waals surface area (Å²) in [6.07, 6.45) is 12.4. The van der Waals surface area contributed by atoms with Gasteiger partial charge in [-0.05, 0) is 84.9 Å². The standard InChI is InChI=1S/C28H33N3O2/c1-8-24(17-21(3)20-32)28(29-6)18-27(23(5)19-31-30-7)22(4)15-16-25(9-2)33-26-13-11-10-12-14-26/h8-19,30,32H,1-3,6,20H2,4-5,7H3/b22-15+,24-17+,25-16+,27-23-,28-18-,31-19-. The zero-order valence-electron chi connectivity index (χ0n) is 19.7. The fraction of sp³-hybridized carbons (Fsp3) is 0.143. The van der Waals surface area contributed by atoms with Crippen molar-refractivity contribution in [2.75, 3.05) is 13.7 Å². The highest BCUT2D eigenvalue weighted by Gasteiger charge is 2.07. The van der Waals surface area contributed by atoms with Crippen LogP contribution in [0.1, 0.15) is 13.8 Å². The summed E-state index contributed by atoms with van der Waals surface area (Å²) < 4.78 is 5.88. The van der Waals surface area contributed by atoms with Crippen LogP contribution >= 0.6 is 0 Å². The first-order valence-corrected chi connectivity index (χ1v) is 10.4. The van der Waals surface area contributed by atoms with E-state index in [0.29, 0.717) is 22.6 Å². The third kappa shape index (κ3) is 9.37. The van der Waals surface area contributed by atoms with Gasteiger partial charge in [0.1, 0.15) is 11.5 Å². The first-order valence-electron chi connectivity index (χ1n) is 10.4. The van der Waals surface area contributed by atoms with E-state index in [2.05, 4.69) is 42.0 Å². The lowest BCUT2D eigenvalue weighted by Crippen LogP contribution is -1.98. The molecule has 0 radical (unpaired) electrons. The highest BCUT2D eigenvalue weighted by atomic mass is 16.5. The molecule has 5 nitrogen and oxygen atoms in total. The van der Waals surface area contributed by atoms with E-state index in [1.165, 1.54) is 0 Å². The van der Waals surface area contributed by atoms with Gasteiger partial charge < -0.3 is 15.3 Å². The van der Waals surface area contributed by atoms with Crippen molar-refractivity contribution in [2.45, 2.75) is 13.8 Å². The van der Waals surface area contributed by atoms with Crippen LogP contribution in [0.15, 0.2) is 136 Å². The van der Waals surface area contributed by atoms with Gasteiger partial charge in [0.05, 0.1) is 18.5 Å². The fourth-order valence-electron chi connectivity index (χ4n) is 2.69. The molecule has 0 aliphatic rings. The van der Waals surface area contributed by atoms with E-state index in [-0.39, 0.29) is 6.61 Å². The molecular weight excluding hydrogens is 410 g/mol. The van der Waals surface area contributed by atoms with Gasteiger partial charge in [-0.3, -0.25) is 4.99 Å². The highest BCUT2D eigenvalue weighted by molar-refractivity contribution is 5.81. The van der Waals surface area contributed by atoms with E-state index in [4.69, 9.17) is 4.74 Å². The van der Waals surface area contributed by atoms with Gasteiger partial charge in [0.15, 0.2) is 0 Å². The van der Waals surface area contributed by atoms with Crippen molar-refractivity contribution in [3.05, 3.63) is 126 Å². The third-order valence-electron chi connectivity index (χ3n) is 4.44. The first kappa shape index (κ1) is 27.1. The van der Waals surface area contributed by atoms with Gasteiger partial charge in [0, 0.05) is 7.05 Å². The smallest absolute Gasteiger partial charge is 0.127 e. The second-order valence-corrected chi connectivity index (χ2v) is 6.92. The predicted molar refractivity (Wildman–Crippen MR) is 141 cm³/mol. The Morgan fingerprint density at radius 1 is 1.09 bits per heavy atom. The number of allylic oxidation sites excluding steroid dienone is 8. The summed E-state index contributed by atoms with van der Waals surface area (Å²) in [6, 6.07) is 9.51. The van der Waals surface area contributed by atoms with Crippen LogP contribution < -0.4 is 10.2 Å². The third-order valence-corrected chi connectivity index (χ3v) is 4.44. The average molecular weight is 444 g/mol. The molecule has 5 heteroatoms. The number of hydrazone groups is 1. The number of benzene rings is 1. The van der Waals surface area contributed by atoms with Gasteiger partial charge in [0.2, 0.25) is 0 Å². The molecule has 1 rings (SSSR count). The Kier molecular flexibility index (Phi) is 12.3. The van der Waals surface area contributed by atoms with Crippen molar-refractivity contribution in [3.63, 3.8) is 0 Å². The second-order valence-electron chi connectivity index (χ2n) is 6.92. The lowest BCUT2D eigenvalue weighted by atomic mass is 9.98. The van der Waals surface area contributed by atoms with Crippen molar-refractivity contribution < 1.29 is 9.84 Å². The summed E-state index contributed by atoms with van der Waals surface area (Å²) in [5, 5.41) is 13.5. The lowest BCUT2D eigenvalue weighted by molar-refractivity contribution is 0.335. The molecule has 172 valence electrons. The van der Waals surface area contributed by atoms with Gasteiger partial charge in [-0.1, -0.05) is 50.1 Å². The molecule has 0 heterocycles. The van der Waals surface area contributed by atoms with Gasteiger partial charge >= 0.3 is 0 Å². The number of ether oxygens (including phenoxy) is 1. The molecule has 0 unspecified atom stereocenters. The van der Waals surface area contributed by atoms with Crippen LogP contribution in [0.25, 0.3) is 0 Å². The highest BCUT2D eigenvalue weighted by Crippen LogP contribution is 2.23. The number of aliphatic hydroxyl groups is 1. The van der Waals surface area contributed by atoms with E-state index in [9.17, 15) is 5.11 Å². The van der Waals surface area contributed by atoms with Crippen LogP contribution in [0.4, 0.5) is 0 Å². The van der Waals surface area contributed by atoms with Crippen LogP contribution in [0.3, 0.4) is 0 Å². The topological polar surface area (TPSA) is 66.2 Å². The Balaban J connectivity index is 3.50. The van der Waals surface area contributed by atoms with Crippen molar-refractivity contribution in [1.29, 1.82) is 0 Å². The Bertz CT molecular complexity index is 1040. The van der Waals surface area contributed by atoms with Gasteiger partial charge in [-0.2, -0.15) is 5.10 Å². The van der Waals surface area contributed by atoms with E-state index in [1.807, 2.05) is 62.4 Å². The Morgan fingerprint density at radius 3 is 2.33 bits per heavy atom. The minimum Gasteiger partial charge on any atom is -0.457 e. The van der Waals surface area contributed by atoms with E-state index in [1.54, 1.807) is 31.5 Å². The van der Waals surface area contributed by atoms with Crippen LogP contribution in [-0.4, -0.2) is 31.7 Å². The van der Waals surface area contributed by atoms with Crippen LogP contribution in [0.5, 0.6) is 5.75 Å². The number of para-hydroxylation sites is 1. The second kappa shape index (κ2) is 14.9. The van der Waals surface area contributed by atoms with Crippen LogP contribution in [-0.2, 0) is 0 Å². The normalized spacial score (nSPS) is 13.9. The van der Waals surface area contributed by atoms with E-state index < -0.39 is 0 Å². The van der Waals surface area contributed by atoms with Gasteiger partial charge in [0.25, 0.3) is 0 Å². The molecule has 2 N–H and O–H groups in total. The molecule has 1 aromatic carbocycles. The maximum absolute atomic E-state index is 9.33. The average Bonchev–Trinajstić information content (AvgIpc) is 2.84. The van der Waals surface area contributed by atoms with Crippen molar-refractivity contribution in [1.82, 2.24) is 5.43 Å². The zero-order valence-corrected chi connectivity index (χ0v) is 19.7. The number of hydrogen-bond acceptors (Lipinski definition) is 5. The Hall–Kier alpha value is -3.96. The molecule has 33 heavy (non-hydrogen) atoms. The number of aliphatic hydroxyl groups excluding tert-OH is 1. The SMILES string of the molecule is C=C\C(=C/C=C(C)/C(/C=C(N=C)/C(C=C)=C/C(=C)CO)=C(C)\C=N/NC)Oc1ccccc1. The number of nitrogens with one attached hydrogen (secondary N) is 1. The summed E-state index contributed by atoms with van der Waals surface area (Å²) in [5.74, 6) is 1.34. The molecule has 0 aromatic heterocycles. The number of hydrogen-bond donors (Lipinski definition) is 2. The molecule has 0 fully saturated rings. The molecule has 0 atom stereocenters. The maximum Gasteiger partial charge on any atom is 0.127 e.